The van der Waals surface area contributed by atoms with Crippen molar-refractivity contribution >= 4 is 13.7 Å². The number of phosphoric acid groups is 1. The second-order valence-corrected chi connectivity index (χ2v) is 15.8. The van der Waals surface area contributed by atoms with E-state index in [1.807, 2.05) is 28.1 Å². The summed E-state index contributed by atoms with van der Waals surface area (Å²) in [6, 6.07) is -1.08. The monoisotopic (exact) mass is 764 g/mol. The molecule has 1 amide bonds. The first-order valence-corrected chi connectivity index (χ1v) is 21.5. The highest BCUT2D eigenvalue weighted by atomic mass is 31.2. The molecule has 9 nitrogen and oxygen atoms in total. The second-order valence-electron chi connectivity index (χ2n) is 14.4. The molecular formula is C43H76N2O7P+. The minimum Gasteiger partial charge on any atom is -0.390 e. The Morgan fingerprint density at radius 3 is 1.79 bits per heavy atom. The van der Waals surface area contributed by atoms with Gasteiger partial charge in [0.1, 0.15) is 19.3 Å². The Hall–Kier alpha value is -2.36. The van der Waals surface area contributed by atoms with Crippen LogP contribution in [0.1, 0.15) is 123 Å². The lowest BCUT2D eigenvalue weighted by molar-refractivity contribution is -0.870. The van der Waals surface area contributed by atoms with Crippen molar-refractivity contribution in [3.05, 3.63) is 85.1 Å². The largest absolute Gasteiger partial charge is 0.472 e. The van der Waals surface area contributed by atoms with Crippen LogP contribution in [0.4, 0.5) is 0 Å². The number of hydrogen-bond acceptors (Lipinski definition) is 6. The number of carbonyl (C=O) groups is 1. The normalized spacial score (nSPS) is 16.0. The number of quaternary nitrogens is 1. The van der Waals surface area contributed by atoms with E-state index in [0.717, 1.165) is 83.5 Å². The molecule has 0 radical (unpaired) electrons. The number of hydrogen-bond donors (Lipinski definition) is 4. The lowest BCUT2D eigenvalue weighted by Crippen LogP contribution is -2.51. The van der Waals surface area contributed by atoms with Gasteiger partial charge in [0.25, 0.3) is 0 Å². The molecule has 4 N–H and O–H groups in total. The summed E-state index contributed by atoms with van der Waals surface area (Å²) in [5.74, 6) is -0.304. The first-order valence-electron chi connectivity index (χ1n) is 20.0. The fourth-order valence-corrected chi connectivity index (χ4v) is 5.79. The Labute approximate surface area is 323 Å². The molecule has 4 unspecified atom stereocenters. The fraction of sp³-hybridized carbons (Fsp3) is 0.651. The van der Waals surface area contributed by atoms with E-state index < -0.39 is 32.7 Å². The van der Waals surface area contributed by atoms with Gasteiger partial charge < -0.3 is 24.9 Å². The minimum atomic E-state index is -4.44. The average Bonchev–Trinajstić information content (AvgIpc) is 3.10. The predicted octanol–water partition coefficient (Wildman–Crippen LogP) is 9.60. The van der Waals surface area contributed by atoms with E-state index in [1.54, 1.807) is 0 Å². The molecule has 0 bridgehead atoms. The summed E-state index contributed by atoms with van der Waals surface area (Å²) in [5.41, 5.74) is 0. The van der Waals surface area contributed by atoms with Crippen LogP contribution in [0.3, 0.4) is 0 Å². The Kier molecular flexibility index (Phi) is 32.6. The Bertz CT molecular complexity index is 1150. The highest BCUT2D eigenvalue weighted by Crippen LogP contribution is 2.43. The van der Waals surface area contributed by atoms with Gasteiger partial charge in [0.15, 0.2) is 0 Å². The van der Waals surface area contributed by atoms with Crippen LogP contribution in [0.15, 0.2) is 85.1 Å². The standard InChI is InChI=1S/C43H75N2O7P/c1-6-8-10-12-14-16-18-20-21-22-23-24-26-28-30-32-34-36-42(47)44-40(39-52-53(49,50)51-38-37-45(3,4)5)43(48)41(46)35-33-31-29-27-25-19-17-15-13-11-9-7-2/h7-10,14-17,20-21,23-24,27,29,40-41,43,46,48H,6,11-13,18-19,22,25-26,28,30-39H2,1-5H3,(H-,44,47,49,50)/p+1/b9-7+,10-8-,16-14-,17-15+,21-20-,24-23-,29-27+. The number of rotatable bonds is 34. The van der Waals surface area contributed by atoms with Crippen molar-refractivity contribution in [1.29, 1.82) is 0 Å². The topological polar surface area (TPSA) is 125 Å². The number of likely N-dealkylation sites (N-methyl/N-ethyl adjacent to an activating group) is 1. The maximum Gasteiger partial charge on any atom is 0.472 e. The molecule has 0 heterocycles. The minimum absolute atomic E-state index is 0.00211. The molecule has 0 aromatic carbocycles. The van der Waals surface area contributed by atoms with E-state index in [9.17, 15) is 24.5 Å². The fourth-order valence-electron chi connectivity index (χ4n) is 5.05. The summed E-state index contributed by atoms with van der Waals surface area (Å²) >= 11 is 0. The van der Waals surface area contributed by atoms with Crippen molar-refractivity contribution < 1.29 is 38.0 Å². The highest BCUT2D eigenvalue weighted by molar-refractivity contribution is 7.47. The van der Waals surface area contributed by atoms with Gasteiger partial charge in [0.2, 0.25) is 5.91 Å². The lowest BCUT2D eigenvalue weighted by Gasteiger charge is -2.28. The van der Waals surface area contributed by atoms with Gasteiger partial charge >= 0.3 is 7.82 Å². The van der Waals surface area contributed by atoms with Crippen LogP contribution in [-0.4, -0.2) is 84.6 Å². The summed E-state index contributed by atoms with van der Waals surface area (Å²) < 4.78 is 23.4. The van der Waals surface area contributed by atoms with Crippen molar-refractivity contribution in [2.75, 3.05) is 40.9 Å². The number of allylic oxidation sites excluding steroid dienone is 14. The molecule has 304 valence electrons. The number of aliphatic hydroxyl groups is 2. The van der Waals surface area contributed by atoms with Crippen LogP contribution in [0.2, 0.25) is 0 Å². The van der Waals surface area contributed by atoms with Crippen molar-refractivity contribution in [2.45, 2.75) is 141 Å². The van der Waals surface area contributed by atoms with Crippen molar-refractivity contribution in [3.8, 4) is 0 Å². The number of aliphatic hydroxyl groups excluding tert-OH is 2. The molecule has 0 aromatic rings. The number of phosphoric ester groups is 1. The van der Waals surface area contributed by atoms with Gasteiger partial charge in [-0.2, -0.15) is 0 Å². The Morgan fingerprint density at radius 2 is 1.21 bits per heavy atom. The van der Waals surface area contributed by atoms with Gasteiger partial charge in [-0.15, -0.1) is 0 Å². The predicted molar refractivity (Wildman–Crippen MR) is 222 cm³/mol. The zero-order valence-electron chi connectivity index (χ0n) is 33.8. The van der Waals surface area contributed by atoms with Gasteiger partial charge in [-0.1, -0.05) is 105 Å². The smallest absolute Gasteiger partial charge is 0.390 e. The first-order chi connectivity index (χ1) is 25.4. The lowest BCUT2D eigenvalue weighted by atomic mass is 10.0. The van der Waals surface area contributed by atoms with E-state index >= 15 is 0 Å². The number of unbranched alkanes of at least 4 members (excludes halogenated alkanes) is 7. The number of nitrogens with zero attached hydrogens (tertiary/aromatic N) is 1. The van der Waals surface area contributed by atoms with Crippen LogP contribution in [0.25, 0.3) is 0 Å². The molecule has 0 saturated carbocycles. The van der Waals surface area contributed by atoms with Gasteiger partial charge in [0, 0.05) is 6.42 Å². The third-order valence-electron chi connectivity index (χ3n) is 8.27. The SMILES string of the molecule is C/C=C/CC/C=C/CC/C=C/CCCC(O)C(O)C(COP(=O)(O)OCC[N+](C)(C)C)NC(=O)CCCCCC/C=C\C/C=C\C/C=C\C/C=C\CC. The molecule has 0 saturated heterocycles. The Balaban J connectivity index is 4.70. The molecule has 0 aliphatic carbocycles. The molecule has 0 aromatic heterocycles. The zero-order chi connectivity index (χ0) is 39.5. The van der Waals surface area contributed by atoms with Crippen molar-refractivity contribution in [2.24, 2.45) is 0 Å². The number of amides is 1. The quantitative estimate of drug-likeness (QED) is 0.0223. The summed E-state index contributed by atoms with van der Waals surface area (Å²) in [6.07, 6.45) is 42.3. The molecule has 0 aliphatic rings. The van der Waals surface area contributed by atoms with E-state index in [2.05, 4.69) is 97.3 Å². The highest BCUT2D eigenvalue weighted by Gasteiger charge is 2.31. The first kappa shape index (κ1) is 50.6. The van der Waals surface area contributed by atoms with Crippen molar-refractivity contribution in [3.63, 3.8) is 0 Å². The van der Waals surface area contributed by atoms with Crippen LogP contribution < -0.4 is 5.32 Å². The van der Waals surface area contributed by atoms with Crippen LogP contribution >= 0.6 is 7.82 Å². The zero-order valence-corrected chi connectivity index (χ0v) is 34.7. The number of nitrogens with one attached hydrogen (secondary N) is 1. The molecule has 53 heavy (non-hydrogen) atoms. The summed E-state index contributed by atoms with van der Waals surface area (Å²) in [6.45, 7) is 4.18. The molecular weight excluding hydrogens is 687 g/mol. The molecule has 10 heteroatoms. The maximum atomic E-state index is 12.9. The number of carbonyl (C=O) groups excluding carboxylic acids is 1. The van der Waals surface area contributed by atoms with E-state index in [-0.39, 0.29) is 18.9 Å². The molecule has 0 spiro atoms. The van der Waals surface area contributed by atoms with Crippen LogP contribution in [0.5, 0.6) is 0 Å². The molecule has 0 aliphatic heterocycles. The van der Waals surface area contributed by atoms with E-state index in [4.69, 9.17) is 9.05 Å². The third-order valence-corrected chi connectivity index (χ3v) is 9.25. The average molecular weight is 764 g/mol. The maximum absolute atomic E-state index is 12.9. The van der Waals surface area contributed by atoms with E-state index in [0.29, 0.717) is 30.3 Å². The molecule has 0 fully saturated rings. The summed E-state index contributed by atoms with van der Waals surface area (Å²) in [5, 5.41) is 24.5. The molecule has 4 atom stereocenters. The van der Waals surface area contributed by atoms with Gasteiger partial charge in [-0.3, -0.25) is 13.8 Å². The summed E-state index contributed by atoms with van der Waals surface area (Å²) in [4.78, 5) is 23.1. The van der Waals surface area contributed by atoms with Gasteiger partial charge in [0.05, 0.1) is 39.9 Å². The van der Waals surface area contributed by atoms with Crippen molar-refractivity contribution in [1.82, 2.24) is 5.32 Å². The second kappa shape index (κ2) is 34.2. The third kappa shape index (κ3) is 35.1. The molecule has 0 rings (SSSR count). The van der Waals surface area contributed by atoms with Crippen LogP contribution in [-0.2, 0) is 18.4 Å². The summed E-state index contributed by atoms with van der Waals surface area (Å²) in [7, 11) is 1.37. The van der Waals surface area contributed by atoms with Gasteiger partial charge in [-0.25, -0.2) is 4.57 Å². The Morgan fingerprint density at radius 1 is 0.698 bits per heavy atom. The van der Waals surface area contributed by atoms with Crippen LogP contribution in [0, 0.1) is 0 Å². The van der Waals surface area contributed by atoms with Gasteiger partial charge in [-0.05, 0) is 96.8 Å². The van der Waals surface area contributed by atoms with E-state index in [1.165, 1.54) is 0 Å².